The molecule has 0 aliphatic carbocycles. The number of fused-ring (bicyclic) bond motifs is 1. The molecule has 0 aliphatic heterocycles. The second-order valence-electron chi connectivity index (χ2n) is 6.56. The molecule has 2 aromatic carbocycles. The standard InChI is InChI=1S/C21H19NO6/c1-11-8-15(23)18-12(2)14(21(27)28-16(18)9-11)10-17(24)22-19(20(25)26)13-6-4-3-5-7-13/h3-9,19,23H,10H2,1-2H3,(H,22,24)(H,25,26)/p-1/t19-/m0/s1. The molecular weight excluding hydrogens is 362 g/mol. The smallest absolute Gasteiger partial charge is 0.340 e. The third kappa shape index (κ3) is 3.73. The number of hydrogen-bond donors (Lipinski definition) is 2. The molecule has 28 heavy (non-hydrogen) atoms. The van der Waals surface area contributed by atoms with Crippen molar-refractivity contribution in [3.8, 4) is 5.75 Å². The second kappa shape index (κ2) is 7.56. The Balaban J connectivity index is 1.93. The van der Waals surface area contributed by atoms with E-state index in [9.17, 15) is 24.6 Å². The van der Waals surface area contributed by atoms with Crippen molar-refractivity contribution >= 4 is 22.8 Å². The molecule has 2 N–H and O–H groups in total. The van der Waals surface area contributed by atoms with Gasteiger partial charge in [0.05, 0.1) is 29.4 Å². The summed E-state index contributed by atoms with van der Waals surface area (Å²) in [6, 6.07) is 9.91. The average molecular weight is 380 g/mol. The lowest BCUT2D eigenvalue weighted by Gasteiger charge is -2.20. The quantitative estimate of drug-likeness (QED) is 0.643. The third-order valence-electron chi connectivity index (χ3n) is 4.51. The number of nitrogens with one attached hydrogen (secondary N) is 1. The fourth-order valence-corrected chi connectivity index (χ4v) is 3.16. The molecule has 0 aliphatic rings. The zero-order valence-electron chi connectivity index (χ0n) is 15.3. The van der Waals surface area contributed by atoms with Crippen LogP contribution in [-0.4, -0.2) is 17.0 Å². The Morgan fingerprint density at radius 1 is 1.18 bits per heavy atom. The Hall–Kier alpha value is -3.61. The summed E-state index contributed by atoms with van der Waals surface area (Å²) in [5.41, 5.74) is 1.04. The minimum atomic E-state index is -1.46. The number of phenols is 1. The van der Waals surface area contributed by atoms with Crippen LogP contribution in [0.25, 0.3) is 11.0 Å². The zero-order chi connectivity index (χ0) is 20.4. The van der Waals surface area contributed by atoms with Crippen molar-refractivity contribution < 1.29 is 24.2 Å². The van der Waals surface area contributed by atoms with E-state index >= 15 is 0 Å². The maximum absolute atomic E-state index is 12.4. The normalized spacial score (nSPS) is 11.9. The molecule has 7 heteroatoms. The molecule has 1 atom stereocenters. The van der Waals surface area contributed by atoms with Crippen LogP contribution in [0.5, 0.6) is 5.75 Å². The zero-order valence-corrected chi connectivity index (χ0v) is 15.3. The van der Waals surface area contributed by atoms with Crippen molar-refractivity contribution in [2.45, 2.75) is 26.3 Å². The van der Waals surface area contributed by atoms with Crippen LogP contribution in [0.15, 0.2) is 51.7 Å². The Labute approximate surface area is 160 Å². The SMILES string of the molecule is Cc1cc(O)c2c(C)c(CC(=O)N[C@H](C(=O)[O-])c3ccccc3)c(=O)oc2c1. The molecule has 0 fully saturated rings. The van der Waals surface area contributed by atoms with Crippen molar-refractivity contribution in [2.75, 3.05) is 0 Å². The Bertz CT molecular complexity index is 1120. The molecule has 7 nitrogen and oxygen atoms in total. The second-order valence-corrected chi connectivity index (χ2v) is 6.56. The molecule has 1 aromatic heterocycles. The topological polar surface area (TPSA) is 120 Å². The highest BCUT2D eigenvalue weighted by Crippen LogP contribution is 2.30. The Morgan fingerprint density at radius 3 is 2.50 bits per heavy atom. The molecule has 3 rings (SSSR count). The highest BCUT2D eigenvalue weighted by molar-refractivity contribution is 5.90. The van der Waals surface area contributed by atoms with E-state index < -0.39 is 30.0 Å². The van der Waals surface area contributed by atoms with Gasteiger partial charge in [0.2, 0.25) is 5.91 Å². The van der Waals surface area contributed by atoms with Crippen molar-refractivity contribution in [2.24, 2.45) is 0 Å². The van der Waals surface area contributed by atoms with Crippen LogP contribution in [0.3, 0.4) is 0 Å². The number of amides is 1. The lowest BCUT2D eigenvalue weighted by Crippen LogP contribution is -2.42. The van der Waals surface area contributed by atoms with Gasteiger partial charge in [0.15, 0.2) is 0 Å². The van der Waals surface area contributed by atoms with Gasteiger partial charge in [-0.05, 0) is 42.7 Å². The lowest BCUT2D eigenvalue weighted by molar-refractivity contribution is -0.308. The molecule has 3 aromatic rings. The van der Waals surface area contributed by atoms with E-state index in [0.29, 0.717) is 16.5 Å². The molecule has 0 bridgehead atoms. The van der Waals surface area contributed by atoms with Crippen LogP contribution in [0, 0.1) is 13.8 Å². The number of phenolic OH excluding ortho intramolecular Hbond substituents is 1. The van der Waals surface area contributed by atoms with Gasteiger partial charge in [-0.25, -0.2) is 4.79 Å². The van der Waals surface area contributed by atoms with E-state index in [0.717, 1.165) is 5.56 Å². The number of carbonyl (C=O) groups is 2. The minimum absolute atomic E-state index is 0.0503. The van der Waals surface area contributed by atoms with Gasteiger partial charge < -0.3 is 24.7 Å². The van der Waals surface area contributed by atoms with Gasteiger partial charge in [0, 0.05) is 0 Å². The van der Waals surface area contributed by atoms with E-state index in [2.05, 4.69) is 5.32 Å². The Kier molecular flexibility index (Phi) is 5.17. The number of benzene rings is 2. The summed E-state index contributed by atoms with van der Waals surface area (Å²) < 4.78 is 5.25. The first kappa shape index (κ1) is 19.2. The van der Waals surface area contributed by atoms with E-state index in [1.807, 2.05) is 0 Å². The molecule has 0 saturated carbocycles. The number of aliphatic carboxylic acids is 1. The molecule has 1 amide bonds. The molecular formula is C21H18NO6-. The highest BCUT2D eigenvalue weighted by atomic mass is 16.4. The monoisotopic (exact) mass is 380 g/mol. The van der Waals surface area contributed by atoms with Crippen LogP contribution in [0.2, 0.25) is 0 Å². The fraction of sp³-hybridized carbons (Fsp3) is 0.190. The number of carbonyl (C=O) groups excluding carboxylic acids is 2. The molecule has 0 spiro atoms. The number of rotatable bonds is 5. The maximum Gasteiger partial charge on any atom is 0.340 e. The molecule has 144 valence electrons. The van der Waals surface area contributed by atoms with Gasteiger partial charge in [0.1, 0.15) is 11.3 Å². The highest BCUT2D eigenvalue weighted by Gasteiger charge is 2.20. The van der Waals surface area contributed by atoms with Gasteiger partial charge in [-0.2, -0.15) is 0 Å². The first-order valence-electron chi connectivity index (χ1n) is 8.59. The van der Waals surface area contributed by atoms with Gasteiger partial charge in [0.25, 0.3) is 0 Å². The summed E-state index contributed by atoms with van der Waals surface area (Å²) in [5, 5.41) is 24.3. The van der Waals surface area contributed by atoms with E-state index in [4.69, 9.17) is 4.42 Å². The summed E-state index contributed by atoms with van der Waals surface area (Å²) >= 11 is 0. The number of aryl methyl sites for hydroxylation is 2. The molecule has 0 saturated heterocycles. The predicted octanol–water partition coefficient (Wildman–Crippen LogP) is 1.27. The molecule has 0 unspecified atom stereocenters. The lowest BCUT2D eigenvalue weighted by atomic mass is 10.0. The van der Waals surface area contributed by atoms with Crippen LogP contribution >= 0.6 is 0 Å². The van der Waals surface area contributed by atoms with Crippen LogP contribution in [-0.2, 0) is 16.0 Å². The number of aromatic hydroxyl groups is 1. The van der Waals surface area contributed by atoms with Gasteiger partial charge in [-0.1, -0.05) is 30.3 Å². The van der Waals surface area contributed by atoms with E-state index in [-0.39, 0.29) is 16.9 Å². The first-order valence-corrected chi connectivity index (χ1v) is 8.59. The average Bonchev–Trinajstić information content (AvgIpc) is 2.62. The van der Waals surface area contributed by atoms with Crippen molar-refractivity contribution in [3.63, 3.8) is 0 Å². The van der Waals surface area contributed by atoms with Gasteiger partial charge in [-0.3, -0.25) is 4.79 Å². The first-order chi connectivity index (χ1) is 13.3. The number of carboxylic acids is 1. The van der Waals surface area contributed by atoms with Crippen molar-refractivity contribution in [1.29, 1.82) is 0 Å². The van der Waals surface area contributed by atoms with Crippen LogP contribution in [0.1, 0.15) is 28.3 Å². The largest absolute Gasteiger partial charge is 0.548 e. The summed E-state index contributed by atoms with van der Waals surface area (Å²) in [6.07, 6.45) is -0.395. The maximum atomic E-state index is 12.4. The van der Waals surface area contributed by atoms with Gasteiger partial charge in [-0.15, -0.1) is 0 Å². The predicted molar refractivity (Wildman–Crippen MR) is 99.7 cm³/mol. The van der Waals surface area contributed by atoms with Crippen molar-refractivity contribution in [3.05, 3.63) is 75.1 Å². The number of carboxylic acid groups (broad SMARTS) is 1. The minimum Gasteiger partial charge on any atom is -0.548 e. The van der Waals surface area contributed by atoms with E-state index in [1.54, 1.807) is 50.2 Å². The van der Waals surface area contributed by atoms with Gasteiger partial charge >= 0.3 is 5.63 Å². The summed E-state index contributed by atoms with van der Waals surface area (Å²) in [4.78, 5) is 36.2. The van der Waals surface area contributed by atoms with Crippen LogP contribution in [0.4, 0.5) is 0 Å². The van der Waals surface area contributed by atoms with Crippen LogP contribution < -0.4 is 16.0 Å². The summed E-state index contributed by atoms with van der Waals surface area (Å²) in [7, 11) is 0. The number of hydrogen-bond acceptors (Lipinski definition) is 6. The van der Waals surface area contributed by atoms with Crippen molar-refractivity contribution in [1.82, 2.24) is 5.32 Å². The Morgan fingerprint density at radius 2 is 1.86 bits per heavy atom. The third-order valence-corrected chi connectivity index (χ3v) is 4.51. The molecule has 0 radical (unpaired) electrons. The fourth-order valence-electron chi connectivity index (χ4n) is 3.16. The van der Waals surface area contributed by atoms with E-state index in [1.165, 1.54) is 6.07 Å². The summed E-state index contributed by atoms with van der Waals surface area (Å²) in [5.74, 6) is -2.20. The molecule has 1 heterocycles. The summed E-state index contributed by atoms with van der Waals surface area (Å²) in [6.45, 7) is 3.35.